The first kappa shape index (κ1) is 25.1. The Kier molecular flexibility index (Phi) is 10.2. The molecule has 0 radical (unpaired) electrons. The SMILES string of the molecule is COCCNC(=O)C(=O)N/N=C\c1ccc(OCC(=O)Nc2ccc(OC)cc2)c(OC)c1. The molecule has 0 aliphatic heterocycles. The third-order valence-electron chi connectivity index (χ3n) is 4.10. The molecule has 0 heterocycles. The Balaban J connectivity index is 1.87. The largest absolute Gasteiger partial charge is 0.497 e. The van der Waals surface area contributed by atoms with E-state index >= 15 is 0 Å². The summed E-state index contributed by atoms with van der Waals surface area (Å²) < 4.78 is 20.7. The van der Waals surface area contributed by atoms with Crippen LogP contribution in [0.15, 0.2) is 47.6 Å². The van der Waals surface area contributed by atoms with E-state index in [4.69, 9.17) is 18.9 Å². The number of nitrogens with one attached hydrogen (secondary N) is 3. The van der Waals surface area contributed by atoms with Gasteiger partial charge in [0.15, 0.2) is 18.1 Å². The molecule has 0 fully saturated rings. The van der Waals surface area contributed by atoms with Gasteiger partial charge in [-0.15, -0.1) is 0 Å². The number of carbonyl (C=O) groups excluding carboxylic acids is 3. The zero-order valence-corrected chi connectivity index (χ0v) is 18.5. The van der Waals surface area contributed by atoms with E-state index in [-0.39, 0.29) is 19.1 Å². The monoisotopic (exact) mass is 458 g/mol. The van der Waals surface area contributed by atoms with Gasteiger partial charge in [-0.3, -0.25) is 14.4 Å². The fourth-order valence-electron chi connectivity index (χ4n) is 2.46. The number of hydrogen-bond donors (Lipinski definition) is 3. The van der Waals surface area contributed by atoms with Gasteiger partial charge in [0.05, 0.1) is 27.0 Å². The van der Waals surface area contributed by atoms with E-state index in [1.54, 1.807) is 49.6 Å². The van der Waals surface area contributed by atoms with Crippen molar-refractivity contribution in [1.82, 2.24) is 10.7 Å². The molecule has 3 amide bonds. The number of methoxy groups -OCH3 is 3. The Bertz CT molecular complexity index is 977. The summed E-state index contributed by atoms with van der Waals surface area (Å²) in [5.41, 5.74) is 3.31. The topological polar surface area (TPSA) is 137 Å². The van der Waals surface area contributed by atoms with E-state index in [0.29, 0.717) is 35.1 Å². The van der Waals surface area contributed by atoms with Gasteiger partial charge in [-0.25, -0.2) is 5.43 Å². The molecule has 2 aromatic carbocycles. The highest BCUT2D eigenvalue weighted by Gasteiger charge is 2.12. The van der Waals surface area contributed by atoms with Gasteiger partial charge < -0.3 is 29.6 Å². The van der Waals surface area contributed by atoms with Crippen molar-refractivity contribution in [2.24, 2.45) is 5.10 Å². The summed E-state index contributed by atoms with van der Waals surface area (Å²) in [7, 11) is 4.50. The minimum atomic E-state index is -0.905. The van der Waals surface area contributed by atoms with Gasteiger partial charge in [0.25, 0.3) is 5.91 Å². The Hall–Kier alpha value is -4.12. The molecule has 0 aliphatic carbocycles. The van der Waals surface area contributed by atoms with Gasteiger partial charge >= 0.3 is 11.8 Å². The van der Waals surface area contributed by atoms with Crippen LogP contribution in [0.4, 0.5) is 5.69 Å². The Morgan fingerprint density at radius 2 is 1.70 bits per heavy atom. The van der Waals surface area contributed by atoms with Gasteiger partial charge in [0, 0.05) is 19.3 Å². The van der Waals surface area contributed by atoms with Gasteiger partial charge in [0.2, 0.25) is 0 Å². The maximum Gasteiger partial charge on any atom is 0.329 e. The summed E-state index contributed by atoms with van der Waals surface area (Å²) in [6, 6.07) is 11.7. The predicted octanol–water partition coefficient (Wildman–Crippen LogP) is 0.934. The number of nitrogens with zero attached hydrogens (tertiary/aromatic N) is 1. The zero-order valence-electron chi connectivity index (χ0n) is 18.5. The Morgan fingerprint density at radius 3 is 2.36 bits per heavy atom. The highest BCUT2D eigenvalue weighted by atomic mass is 16.5. The molecule has 3 N–H and O–H groups in total. The van der Waals surface area contributed by atoms with Gasteiger partial charge in [-0.1, -0.05) is 0 Å². The maximum atomic E-state index is 12.1. The maximum absolute atomic E-state index is 12.1. The third-order valence-corrected chi connectivity index (χ3v) is 4.10. The van der Waals surface area contributed by atoms with Crippen LogP contribution in [0.2, 0.25) is 0 Å². The molecule has 0 saturated carbocycles. The summed E-state index contributed by atoms with van der Waals surface area (Å²) in [4.78, 5) is 35.3. The van der Waals surface area contributed by atoms with Crippen molar-refractivity contribution in [2.45, 2.75) is 0 Å². The molecular formula is C22H26N4O7. The highest BCUT2D eigenvalue weighted by Crippen LogP contribution is 2.27. The average molecular weight is 458 g/mol. The summed E-state index contributed by atoms with van der Waals surface area (Å²) >= 11 is 0. The summed E-state index contributed by atoms with van der Waals surface area (Å²) in [5, 5.41) is 8.83. The lowest BCUT2D eigenvalue weighted by Gasteiger charge is -2.11. The van der Waals surface area contributed by atoms with E-state index in [9.17, 15) is 14.4 Å². The lowest BCUT2D eigenvalue weighted by Crippen LogP contribution is -2.39. The second kappa shape index (κ2) is 13.3. The van der Waals surface area contributed by atoms with Crippen molar-refractivity contribution in [3.8, 4) is 17.2 Å². The molecule has 2 aromatic rings. The van der Waals surface area contributed by atoms with E-state index in [1.165, 1.54) is 20.4 Å². The molecule has 11 nitrogen and oxygen atoms in total. The number of anilines is 1. The fourth-order valence-corrected chi connectivity index (χ4v) is 2.46. The van der Waals surface area contributed by atoms with Crippen molar-refractivity contribution < 1.29 is 33.3 Å². The molecule has 0 unspecified atom stereocenters. The van der Waals surface area contributed by atoms with Gasteiger partial charge in [-0.2, -0.15) is 5.10 Å². The molecule has 0 bridgehead atoms. The summed E-state index contributed by atoms with van der Waals surface area (Å²) in [6.07, 6.45) is 1.34. The smallest absolute Gasteiger partial charge is 0.329 e. The first-order valence-electron chi connectivity index (χ1n) is 9.81. The van der Waals surface area contributed by atoms with Crippen LogP contribution in [0.1, 0.15) is 5.56 Å². The van der Waals surface area contributed by atoms with Crippen LogP contribution in [0, 0.1) is 0 Å². The quantitative estimate of drug-likeness (QED) is 0.197. The van der Waals surface area contributed by atoms with Gasteiger partial charge in [-0.05, 0) is 48.0 Å². The lowest BCUT2D eigenvalue weighted by molar-refractivity contribution is -0.139. The van der Waals surface area contributed by atoms with Gasteiger partial charge in [0.1, 0.15) is 5.75 Å². The van der Waals surface area contributed by atoms with Crippen molar-refractivity contribution in [3.05, 3.63) is 48.0 Å². The van der Waals surface area contributed by atoms with Crippen LogP contribution in [-0.4, -0.2) is 65.0 Å². The van der Waals surface area contributed by atoms with Crippen LogP contribution in [0.3, 0.4) is 0 Å². The normalized spacial score (nSPS) is 10.4. The standard InChI is InChI=1S/C22H26N4O7/c1-30-11-10-23-21(28)22(29)26-24-13-15-4-9-18(19(12-15)32-3)33-14-20(27)25-16-5-7-17(31-2)8-6-16/h4-9,12-13H,10-11,14H2,1-3H3,(H,23,28)(H,25,27)(H,26,29)/b24-13-. The number of ether oxygens (including phenoxy) is 4. The Labute approximate surface area is 191 Å². The van der Waals surface area contributed by atoms with E-state index in [2.05, 4.69) is 21.2 Å². The van der Waals surface area contributed by atoms with Crippen molar-refractivity contribution >= 4 is 29.6 Å². The second-order valence-electron chi connectivity index (χ2n) is 6.42. The first-order chi connectivity index (χ1) is 16.0. The van der Waals surface area contributed by atoms with Crippen LogP contribution in [0.25, 0.3) is 0 Å². The molecule has 0 atom stereocenters. The molecule has 0 saturated heterocycles. The molecule has 0 aromatic heterocycles. The molecule has 11 heteroatoms. The van der Waals surface area contributed by atoms with Crippen LogP contribution in [0.5, 0.6) is 17.2 Å². The summed E-state index contributed by atoms with van der Waals surface area (Å²) in [6.45, 7) is 0.271. The van der Waals surface area contributed by atoms with Crippen molar-refractivity contribution in [3.63, 3.8) is 0 Å². The lowest BCUT2D eigenvalue weighted by atomic mass is 10.2. The van der Waals surface area contributed by atoms with Crippen LogP contribution < -0.4 is 30.3 Å². The minimum Gasteiger partial charge on any atom is -0.497 e. The van der Waals surface area contributed by atoms with Crippen molar-refractivity contribution in [2.75, 3.05) is 46.4 Å². The number of carbonyl (C=O) groups is 3. The fraction of sp³-hybridized carbons (Fsp3) is 0.273. The second-order valence-corrected chi connectivity index (χ2v) is 6.42. The molecule has 176 valence electrons. The average Bonchev–Trinajstić information content (AvgIpc) is 2.83. The molecule has 0 spiro atoms. The number of amides is 3. The first-order valence-corrected chi connectivity index (χ1v) is 9.81. The van der Waals surface area contributed by atoms with Crippen LogP contribution >= 0.6 is 0 Å². The number of hydrazone groups is 1. The van der Waals surface area contributed by atoms with Crippen molar-refractivity contribution in [1.29, 1.82) is 0 Å². The van der Waals surface area contributed by atoms with Crippen LogP contribution in [-0.2, 0) is 19.1 Å². The predicted molar refractivity (Wildman–Crippen MR) is 121 cm³/mol. The Morgan fingerprint density at radius 1 is 0.939 bits per heavy atom. The highest BCUT2D eigenvalue weighted by molar-refractivity contribution is 6.35. The third kappa shape index (κ3) is 8.50. The zero-order chi connectivity index (χ0) is 24.1. The minimum absolute atomic E-state index is 0.212. The molecule has 2 rings (SSSR count). The van der Waals surface area contributed by atoms with E-state index in [0.717, 1.165) is 0 Å². The molecule has 33 heavy (non-hydrogen) atoms. The summed E-state index contributed by atoms with van der Waals surface area (Å²) in [5.74, 6) is -0.682. The van der Waals surface area contributed by atoms with E-state index < -0.39 is 11.8 Å². The molecule has 0 aliphatic rings. The van der Waals surface area contributed by atoms with E-state index in [1.807, 2.05) is 0 Å². The number of hydrogen-bond acceptors (Lipinski definition) is 8. The number of benzene rings is 2. The molecular weight excluding hydrogens is 432 g/mol. The number of rotatable bonds is 11.